The van der Waals surface area contributed by atoms with E-state index in [0.717, 1.165) is 22.1 Å². The van der Waals surface area contributed by atoms with Crippen molar-refractivity contribution in [3.05, 3.63) is 66.2 Å². The smallest absolute Gasteiger partial charge is 0.329 e. The predicted molar refractivity (Wildman–Crippen MR) is 110 cm³/mol. The maximum atomic E-state index is 11.6. The fraction of sp³-hybridized carbons (Fsp3) is 0.0500. The number of aromatic amines is 2. The number of para-hydroxylation sites is 4. The van der Waals surface area contributed by atoms with E-state index >= 15 is 0 Å². The Morgan fingerprint density at radius 3 is 1.69 bits per heavy atom. The molecule has 0 aliphatic heterocycles. The van der Waals surface area contributed by atoms with Gasteiger partial charge in [-0.1, -0.05) is 24.3 Å². The topological polar surface area (TPSA) is 128 Å². The van der Waals surface area contributed by atoms with Crippen molar-refractivity contribution < 1.29 is 14.4 Å². The van der Waals surface area contributed by atoms with Crippen molar-refractivity contribution in [1.29, 1.82) is 0 Å². The van der Waals surface area contributed by atoms with E-state index < -0.39 is 13.8 Å². The van der Waals surface area contributed by atoms with Crippen LogP contribution in [0.5, 0.6) is 0 Å². The number of nitrogens with one attached hydrogen (secondary N) is 2. The van der Waals surface area contributed by atoms with Gasteiger partial charge in [0.05, 0.1) is 28.2 Å². The zero-order chi connectivity index (χ0) is 20.0. The molecule has 0 amide bonds. The molecule has 0 atom stereocenters. The quantitative estimate of drug-likeness (QED) is 0.336. The minimum atomic E-state index is -4.26. The summed E-state index contributed by atoms with van der Waals surface area (Å²) in [5.41, 5.74) is 4.72. The molecule has 0 bridgehead atoms. The molecule has 0 aliphatic rings. The van der Waals surface area contributed by atoms with Gasteiger partial charge in [-0.15, -0.1) is 0 Å². The number of imidazole rings is 2. The van der Waals surface area contributed by atoms with Gasteiger partial charge in [0.25, 0.3) is 0 Å². The second-order valence-electron chi connectivity index (χ2n) is 6.77. The predicted octanol–water partition coefficient (Wildman–Crippen LogP) is 3.85. The summed E-state index contributed by atoms with van der Waals surface area (Å²) in [6.07, 6.45) is -0.393. The zero-order valence-electron chi connectivity index (χ0n) is 15.1. The molecule has 3 heterocycles. The Hall–Kier alpha value is -3.32. The van der Waals surface area contributed by atoms with Crippen molar-refractivity contribution in [3.8, 4) is 23.0 Å². The number of aromatic nitrogens is 5. The SMILES string of the molecule is O=P(O)(O)Cc1cc(-c2nc3ccccc3[nH]2)nc(-c2nc3ccccc3[nH]2)c1. The molecule has 0 saturated carbocycles. The van der Waals surface area contributed by atoms with Crippen LogP contribution in [0.3, 0.4) is 0 Å². The van der Waals surface area contributed by atoms with Crippen LogP contribution in [0.15, 0.2) is 60.7 Å². The summed E-state index contributed by atoms with van der Waals surface area (Å²) >= 11 is 0. The molecule has 144 valence electrons. The van der Waals surface area contributed by atoms with Crippen molar-refractivity contribution >= 4 is 29.7 Å². The normalized spacial score (nSPS) is 12.1. The third-order valence-corrected chi connectivity index (χ3v) is 5.31. The molecule has 4 N–H and O–H groups in total. The third kappa shape index (κ3) is 3.56. The van der Waals surface area contributed by atoms with Crippen LogP contribution in [-0.4, -0.2) is 34.7 Å². The number of rotatable bonds is 4. The third-order valence-electron chi connectivity index (χ3n) is 4.54. The molecule has 0 saturated heterocycles. The number of pyridine rings is 1. The molecule has 0 spiro atoms. The van der Waals surface area contributed by atoms with Gasteiger partial charge in [0.1, 0.15) is 11.4 Å². The van der Waals surface area contributed by atoms with Gasteiger partial charge < -0.3 is 19.8 Å². The Morgan fingerprint density at radius 2 is 1.24 bits per heavy atom. The molecular formula is C20H16N5O3P. The summed E-state index contributed by atoms with van der Waals surface area (Å²) in [5.74, 6) is 1.05. The first-order chi connectivity index (χ1) is 13.9. The highest BCUT2D eigenvalue weighted by Gasteiger charge is 2.18. The number of H-pyrrole nitrogens is 2. The minimum Gasteiger partial charge on any atom is -0.337 e. The largest absolute Gasteiger partial charge is 0.337 e. The van der Waals surface area contributed by atoms with E-state index in [1.807, 2.05) is 48.5 Å². The van der Waals surface area contributed by atoms with E-state index in [-0.39, 0.29) is 0 Å². The summed E-state index contributed by atoms with van der Waals surface area (Å²) in [6, 6.07) is 18.5. The van der Waals surface area contributed by atoms with Gasteiger partial charge in [0.2, 0.25) is 0 Å². The van der Waals surface area contributed by atoms with Crippen molar-refractivity contribution in [3.63, 3.8) is 0 Å². The van der Waals surface area contributed by atoms with Gasteiger partial charge in [-0.3, -0.25) is 4.57 Å². The molecule has 0 fully saturated rings. The van der Waals surface area contributed by atoms with E-state index in [2.05, 4.69) is 24.9 Å². The van der Waals surface area contributed by atoms with Crippen molar-refractivity contribution in [2.24, 2.45) is 0 Å². The summed E-state index contributed by atoms with van der Waals surface area (Å²) < 4.78 is 11.6. The second-order valence-corrected chi connectivity index (χ2v) is 8.42. The number of fused-ring (bicyclic) bond motifs is 2. The molecule has 5 aromatic rings. The number of benzene rings is 2. The molecule has 0 radical (unpaired) electrons. The van der Waals surface area contributed by atoms with Crippen LogP contribution in [0, 0.1) is 0 Å². The fourth-order valence-corrected chi connectivity index (χ4v) is 3.97. The molecule has 0 unspecified atom stereocenters. The molecule has 29 heavy (non-hydrogen) atoms. The highest BCUT2D eigenvalue weighted by atomic mass is 31.2. The fourth-order valence-electron chi connectivity index (χ4n) is 3.31. The molecule has 5 rings (SSSR count). The molecule has 9 heteroatoms. The molecule has 8 nitrogen and oxygen atoms in total. The Balaban J connectivity index is 1.68. The zero-order valence-corrected chi connectivity index (χ0v) is 16.0. The Bertz CT molecular complexity index is 1240. The lowest BCUT2D eigenvalue weighted by Gasteiger charge is -2.08. The van der Waals surface area contributed by atoms with Crippen LogP contribution < -0.4 is 0 Å². The summed E-state index contributed by atoms with van der Waals surface area (Å²) in [5, 5.41) is 0. The molecule has 0 aliphatic carbocycles. The van der Waals surface area contributed by atoms with Crippen molar-refractivity contribution in [2.75, 3.05) is 0 Å². The average Bonchev–Trinajstić information content (AvgIpc) is 3.30. The average molecular weight is 405 g/mol. The lowest BCUT2D eigenvalue weighted by atomic mass is 10.2. The van der Waals surface area contributed by atoms with Crippen LogP contribution in [0.4, 0.5) is 0 Å². The Kier molecular flexibility index (Phi) is 4.06. The van der Waals surface area contributed by atoms with Gasteiger partial charge in [-0.25, -0.2) is 15.0 Å². The monoisotopic (exact) mass is 405 g/mol. The van der Waals surface area contributed by atoms with Crippen LogP contribution in [0.1, 0.15) is 5.56 Å². The molecular weight excluding hydrogens is 389 g/mol. The van der Waals surface area contributed by atoms with E-state index in [1.165, 1.54) is 0 Å². The van der Waals surface area contributed by atoms with Crippen LogP contribution in [0.2, 0.25) is 0 Å². The Morgan fingerprint density at radius 1 is 0.759 bits per heavy atom. The van der Waals surface area contributed by atoms with Gasteiger partial charge in [0, 0.05) is 0 Å². The molecule has 2 aromatic carbocycles. The first kappa shape index (κ1) is 17.8. The first-order valence-electron chi connectivity index (χ1n) is 8.90. The maximum Gasteiger partial charge on any atom is 0.329 e. The van der Waals surface area contributed by atoms with E-state index in [0.29, 0.717) is 28.6 Å². The van der Waals surface area contributed by atoms with Crippen molar-refractivity contribution in [1.82, 2.24) is 24.9 Å². The van der Waals surface area contributed by atoms with Gasteiger partial charge in [-0.2, -0.15) is 0 Å². The number of hydrogen-bond donors (Lipinski definition) is 4. The lowest BCUT2D eigenvalue weighted by Crippen LogP contribution is -1.96. The maximum absolute atomic E-state index is 11.6. The van der Waals surface area contributed by atoms with E-state index in [4.69, 9.17) is 0 Å². The Labute approximate surface area is 164 Å². The second kappa shape index (κ2) is 6.63. The minimum absolute atomic E-state index is 0.393. The van der Waals surface area contributed by atoms with Crippen molar-refractivity contribution in [2.45, 2.75) is 6.16 Å². The number of nitrogens with zero attached hydrogens (tertiary/aromatic N) is 3. The summed E-state index contributed by atoms with van der Waals surface area (Å²) in [7, 11) is -4.26. The van der Waals surface area contributed by atoms with E-state index in [9.17, 15) is 14.4 Å². The van der Waals surface area contributed by atoms with Crippen LogP contribution >= 0.6 is 7.60 Å². The van der Waals surface area contributed by atoms with Crippen LogP contribution in [-0.2, 0) is 10.7 Å². The highest BCUT2D eigenvalue weighted by molar-refractivity contribution is 7.50. The number of hydrogen-bond acceptors (Lipinski definition) is 4. The van der Waals surface area contributed by atoms with Crippen LogP contribution in [0.25, 0.3) is 45.1 Å². The van der Waals surface area contributed by atoms with Gasteiger partial charge >= 0.3 is 7.60 Å². The molecule has 3 aromatic heterocycles. The highest BCUT2D eigenvalue weighted by Crippen LogP contribution is 2.40. The summed E-state index contributed by atoms with van der Waals surface area (Å²) in [6.45, 7) is 0. The van der Waals surface area contributed by atoms with E-state index in [1.54, 1.807) is 12.1 Å². The standard InChI is InChI=1S/C20H16N5O3P/c26-29(27,28)11-12-9-17(19-22-13-5-1-2-6-14(13)23-19)21-18(10-12)20-24-15-7-3-4-8-16(15)25-20/h1-10H,11H2,(H,22,23)(H,24,25)(H2,26,27,28). The van der Waals surface area contributed by atoms with Gasteiger partial charge in [0.15, 0.2) is 11.6 Å². The van der Waals surface area contributed by atoms with Gasteiger partial charge in [-0.05, 0) is 42.0 Å². The lowest BCUT2D eigenvalue weighted by molar-refractivity contribution is 0.371. The summed E-state index contributed by atoms with van der Waals surface area (Å²) in [4.78, 5) is 39.1. The first-order valence-corrected chi connectivity index (χ1v) is 10.7.